The second-order valence-electron chi connectivity index (χ2n) is 4.56. The fourth-order valence-corrected chi connectivity index (χ4v) is 2.26. The number of carbonyl (C=O) groups is 2. The maximum absolute atomic E-state index is 12.3. The van der Waals surface area contributed by atoms with Gasteiger partial charge in [-0.15, -0.1) is 0 Å². The second-order valence-corrected chi connectivity index (χ2v) is 4.56. The largest absolute Gasteiger partial charge is 0.508 e. The first-order chi connectivity index (χ1) is 8.50. The van der Waals surface area contributed by atoms with Crippen LogP contribution in [0.25, 0.3) is 0 Å². The lowest BCUT2D eigenvalue weighted by Crippen LogP contribution is -2.43. The minimum absolute atomic E-state index is 0.152. The fraction of sp³-hybridized carbons (Fsp3) is 0.385. The topological polar surface area (TPSA) is 83.6 Å². The summed E-state index contributed by atoms with van der Waals surface area (Å²) in [5, 5.41) is 9.43. The van der Waals surface area contributed by atoms with Gasteiger partial charge < -0.3 is 15.7 Å². The molecule has 1 atom stereocenters. The van der Waals surface area contributed by atoms with Crippen LogP contribution >= 0.6 is 0 Å². The van der Waals surface area contributed by atoms with Crippen LogP contribution in [0.1, 0.15) is 28.8 Å². The molecule has 0 aliphatic carbocycles. The van der Waals surface area contributed by atoms with Crippen molar-refractivity contribution in [2.75, 3.05) is 6.54 Å². The van der Waals surface area contributed by atoms with Gasteiger partial charge in [-0.1, -0.05) is 0 Å². The summed E-state index contributed by atoms with van der Waals surface area (Å²) in [5.41, 5.74) is 6.39. The molecule has 1 aliphatic heterocycles. The van der Waals surface area contributed by atoms with E-state index in [9.17, 15) is 14.7 Å². The van der Waals surface area contributed by atoms with E-state index in [-0.39, 0.29) is 11.7 Å². The lowest BCUT2D eigenvalue weighted by molar-refractivity contribution is -0.121. The van der Waals surface area contributed by atoms with Crippen LogP contribution in [0.5, 0.6) is 5.75 Å². The zero-order valence-electron chi connectivity index (χ0n) is 10.2. The molecule has 1 aliphatic rings. The third-order valence-electron chi connectivity index (χ3n) is 3.29. The number of primary amides is 1. The molecule has 2 amide bonds. The number of likely N-dealkylation sites (tertiary alicyclic amines) is 1. The van der Waals surface area contributed by atoms with E-state index in [0.717, 1.165) is 6.42 Å². The van der Waals surface area contributed by atoms with Gasteiger partial charge in [0, 0.05) is 12.1 Å². The van der Waals surface area contributed by atoms with Crippen molar-refractivity contribution < 1.29 is 14.7 Å². The summed E-state index contributed by atoms with van der Waals surface area (Å²) >= 11 is 0. The zero-order chi connectivity index (χ0) is 13.3. The first-order valence-corrected chi connectivity index (χ1v) is 5.90. The lowest BCUT2D eigenvalue weighted by Gasteiger charge is -2.22. The van der Waals surface area contributed by atoms with Crippen molar-refractivity contribution >= 4 is 11.8 Å². The summed E-state index contributed by atoms with van der Waals surface area (Å²) in [5.74, 6) is -0.518. The molecule has 2 rings (SSSR count). The summed E-state index contributed by atoms with van der Waals surface area (Å²) in [6.45, 7) is 2.27. The van der Waals surface area contributed by atoms with Crippen LogP contribution in [-0.4, -0.2) is 34.4 Å². The quantitative estimate of drug-likeness (QED) is 0.811. The molecule has 0 spiro atoms. The Morgan fingerprint density at radius 1 is 1.44 bits per heavy atom. The highest BCUT2D eigenvalue weighted by molar-refractivity contribution is 5.98. The highest BCUT2D eigenvalue weighted by atomic mass is 16.3. The second kappa shape index (κ2) is 4.68. The highest BCUT2D eigenvalue weighted by Crippen LogP contribution is 2.22. The average molecular weight is 248 g/mol. The summed E-state index contributed by atoms with van der Waals surface area (Å²) in [4.78, 5) is 25.0. The molecule has 1 aromatic carbocycles. The van der Waals surface area contributed by atoms with Crippen molar-refractivity contribution in [3.8, 4) is 5.75 Å². The number of rotatable bonds is 2. The monoisotopic (exact) mass is 248 g/mol. The van der Waals surface area contributed by atoms with Crippen LogP contribution in [0.3, 0.4) is 0 Å². The Kier molecular flexibility index (Phi) is 3.23. The number of phenols is 1. The molecule has 1 heterocycles. The number of carbonyl (C=O) groups excluding carboxylic acids is 2. The van der Waals surface area contributed by atoms with Gasteiger partial charge >= 0.3 is 0 Å². The molecule has 3 N–H and O–H groups in total. The first-order valence-electron chi connectivity index (χ1n) is 5.90. The van der Waals surface area contributed by atoms with Crippen molar-refractivity contribution in [1.82, 2.24) is 4.90 Å². The average Bonchev–Trinajstić information content (AvgIpc) is 2.81. The van der Waals surface area contributed by atoms with Gasteiger partial charge in [-0.05, 0) is 43.5 Å². The first kappa shape index (κ1) is 12.4. The SMILES string of the molecule is Cc1cc(C(=O)N2CCC[C@H]2C(N)=O)ccc1O. The molecule has 0 aromatic heterocycles. The van der Waals surface area contributed by atoms with Gasteiger partial charge in [0.15, 0.2) is 0 Å². The molecule has 1 saturated heterocycles. The predicted molar refractivity (Wildman–Crippen MR) is 66.1 cm³/mol. The number of aromatic hydroxyl groups is 1. The summed E-state index contributed by atoms with van der Waals surface area (Å²) in [7, 11) is 0. The number of hydrogen-bond donors (Lipinski definition) is 2. The molecular weight excluding hydrogens is 232 g/mol. The maximum atomic E-state index is 12.3. The van der Waals surface area contributed by atoms with Gasteiger partial charge in [-0.25, -0.2) is 0 Å². The number of aryl methyl sites for hydroxylation is 1. The van der Waals surface area contributed by atoms with E-state index in [0.29, 0.717) is 24.1 Å². The van der Waals surface area contributed by atoms with Gasteiger partial charge in [-0.3, -0.25) is 9.59 Å². The summed E-state index contributed by atoms with van der Waals surface area (Å²) < 4.78 is 0. The van der Waals surface area contributed by atoms with Crippen LogP contribution in [0.15, 0.2) is 18.2 Å². The van der Waals surface area contributed by atoms with Gasteiger partial charge in [-0.2, -0.15) is 0 Å². The molecule has 96 valence electrons. The minimum Gasteiger partial charge on any atom is -0.508 e. The molecule has 5 heteroatoms. The van der Waals surface area contributed by atoms with Crippen LogP contribution in [-0.2, 0) is 4.79 Å². The Morgan fingerprint density at radius 2 is 2.17 bits per heavy atom. The lowest BCUT2D eigenvalue weighted by atomic mass is 10.1. The van der Waals surface area contributed by atoms with E-state index in [1.54, 1.807) is 19.1 Å². The van der Waals surface area contributed by atoms with Crippen LogP contribution < -0.4 is 5.73 Å². The van der Waals surface area contributed by atoms with E-state index >= 15 is 0 Å². The van der Waals surface area contributed by atoms with Gasteiger partial charge in [0.1, 0.15) is 11.8 Å². The number of hydrogen-bond acceptors (Lipinski definition) is 3. The van der Waals surface area contributed by atoms with Gasteiger partial charge in [0.05, 0.1) is 0 Å². The predicted octanol–water partition coefficient (Wildman–Crippen LogP) is 0.791. The Bertz CT molecular complexity index is 499. The zero-order valence-corrected chi connectivity index (χ0v) is 10.2. The number of benzene rings is 1. The Labute approximate surface area is 105 Å². The van der Waals surface area contributed by atoms with E-state index in [1.165, 1.54) is 11.0 Å². The number of nitrogens with zero attached hydrogens (tertiary/aromatic N) is 1. The van der Waals surface area contributed by atoms with Crippen molar-refractivity contribution in [2.45, 2.75) is 25.8 Å². The minimum atomic E-state index is -0.508. The molecule has 1 aromatic rings. The van der Waals surface area contributed by atoms with E-state index in [4.69, 9.17) is 5.73 Å². The van der Waals surface area contributed by atoms with Crippen molar-refractivity contribution in [1.29, 1.82) is 0 Å². The van der Waals surface area contributed by atoms with Crippen LogP contribution in [0.4, 0.5) is 0 Å². The van der Waals surface area contributed by atoms with Crippen LogP contribution in [0.2, 0.25) is 0 Å². The number of phenolic OH excluding ortho intramolecular Hbond substituents is 1. The summed E-state index contributed by atoms with van der Waals surface area (Å²) in [6.07, 6.45) is 1.41. The fourth-order valence-electron chi connectivity index (χ4n) is 2.26. The highest BCUT2D eigenvalue weighted by Gasteiger charge is 2.33. The Balaban J connectivity index is 2.25. The molecule has 0 radical (unpaired) electrons. The molecule has 0 saturated carbocycles. The third kappa shape index (κ3) is 2.16. The molecule has 5 nitrogen and oxygen atoms in total. The van der Waals surface area contributed by atoms with Crippen molar-refractivity contribution in [3.63, 3.8) is 0 Å². The van der Waals surface area contributed by atoms with Crippen LogP contribution in [0, 0.1) is 6.92 Å². The molecule has 0 bridgehead atoms. The maximum Gasteiger partial charge on any atom is 0.254 e. The Hall–Kier alpha value is -2.04. The standard InChI is InChI=1S/C13H16N2O3/c1-8-7-9(4-5-11(8)16)13(18)15-6-2-3-10(15)12(14)17/h4-5,7,10,16H,2-3,6H2,1H3,(H2,14,17)/t10-/m0/s1. The third-order valence-corrected chi connectivity index (χ3v) is 3.29. The van der Waals surface area contributed by atoms with Gasteiger partial charge in [0.2, 0.25) is 5.91 Å². The number of nitrogens with two attached hydrogens (primary N) is 1. The van der Waals surface area contributed by atoms with Gasteiger partial charge in [0.25, 0.3) is 5.91 Å². The van der Waals surface area contributed by atoms with Crippen molar-refractivity contribution in [2.24, 2.45) is 5.73 Å². The van der Waals surface area contributed by atoms with E-state index in [2.05, 4.69) is 0 Å². The molecule has 18 heavy (non-hydrogen) atoms. The number of amides is 2. The van der Waals surface area contributed by atoms with Crippen molar-refractivity contribution in [3.05, 3.63) is 29.3 Å². The Morgan fingerprint density at radius 3 is 2.78 bits per heavy atom. The van der Waals surface area contributed by atoms with E-state index < -0.39 is 11.9 Å². The molecule has 1 fully saturated rings. The van der Waals surface area contributed by atoms with E-state index in [1.807, 2.05) is 0 Å². The normalized spacial score (nSPS) is 18.9. The smallest absolute Gasteiger partial charge is 0.254 e. The molecular formula is C13H16N2O3. The summed E-state index contributed by atoms with van der Waals surface area (Å²) in [6, 6.07) is 4.15. The molecule has 0 unspecified atom stereocenters.